The first-order valence-corrected chi connectivity index (χ1v) is 8.71. The standard InChI is InChI=1S/C14H21NO4S2/c1-11(2)19-7-6-18-8-9-21(16,17)13-5-3-4-12(10-13)14(15)20/h3-5,10-11H,6-9H2,1-2H3,(H2,15,20). The van der Waals surface area contributed by atoms with Gasteiger partial charge in [-0.1, -0.05) is 24.4 Å². The van der Waals surface area contributed by atoms with E-state index in [9.17, 15) is 8.42 Å². The van der Waals surface area contributed by atoms with E-state index in [1.165, 1.54) is 12.1 Å². The third-order valence-corrected chi connectivity index (χ3v) is 4.56. The van der Waals surface area contributed by atoms with E-state index in [2.05, 4.69) is 0 Å². The lowest BCUT2D eigenvalue weighted by Crippen LogP contribution is -2.16. The number of sulfone groups is 1. The van der Waals surface area contributed by atoms with E-state index >= 15 is 0 Å². The fourth-order valence-electron chi connectivity index (χ4n) is 1.57. The molecule has 0 heterocycles. The molecule has 0 radical (unpaired) electrons. The molecule has 0 spiro atoms. The highest BCUT2D eigenvalue weighted by Gasteiger charge is 2.15. The zero-order valence-corrected chi connectivity index (χ0v) is 13.9. The number of thiocarbonyl (C=S) groups is 1. The van der Waals surface area contributed by atoms with Crippen molar-refractivity contribution in [1.82, 2.24) is 0 Å². The highest BCUT2D eigenvalue weighted by Crippen LogP contribution is 2.13. The summed E-state index contributed by atoms with van der Waals surface area (Å²) in [6.07, 6.45) is 0.139. The van der Waals surface area contributed by atoms with Crippen molar-refractivity contribution >= 4 is 27.0 Å². The molecule has 0 aliphatic carbocycles. The van der Waals surface area contributed by atoms with E-state index in [0.29, 0.717) is 18.8 Å². The van der Waals surface area contributed by atoms with Gasteiger partial charge in [-0.05, 0) is 26.0 Å². The molecule has 0 bridgehead atoms. The third-order valence-electron chi connectivity index (χ3n) is 2.65. The first-order chi connectivity index (χ1) is 9.83. The summed E-state index contributed by atoms with van der Waals surface area (Å²) in [5, 5.41) is 0. The average molecular weight is 331 g/mol. The van der Waals surface area contributed by atoms with E-state index in [-0.39, 0.29) is 28.3 Å². The molecule has 2 N–H and O–H groups in total. The van der Waals surface area contributed by atoms with E-state index in [0.717, 1.165) is 0 Å². The molecule has 0 atom stereocenters. The van der Waals surface area contributed by atoms with Crippen LogP contribution in [0.5, 0.6) is 0 Å². The predicted octanol–water partition coefficient (Wildman–Crippen LogP) is 1.54. The Labute approximate surface area is 131 Å². The lowest BCUT2D eigenvalue weighted by atomic mass is 10.2. The van der Waals surface area contributed by atoms with Crippen molar-refractivity contribution in [2.75, 3.05) is 25.6 Å². The van der Waals surface area contributed by atoms with Gasteiger partial charge in [-0.15, -0.1) is 0 Å². The van der Waals surface area contributed by atoms with Gasteiger partial charge in [0.25, 0.3) is 0 Å². The fraction of sp³-hybridized carbons (Fsp3) is 0.500. The summed E-state index contributed by atoms with van der Waals surface area (Å²) < 4.78 is 34.9. The van der Waals surface area contributed by atoms with Gasteiger partial charge in [0.05, 0.1) is 36.6 Å². The highest BCUT2D eigenvalue weighted by atomic mass is 32.2. The second kappa shape index (κ2) is 8.43. The lowest BCUT2D eigenvalue weighted by molar-refractivity contribution is 0.0235. The van der Waals surface area contributed by atoms with E-state index in [1.54, 1.807) is 12.1 Å². The zero-order valence-electron chi connectivity index (χ0n) is 12.2. The minimum atomic E-state index is -3.40. The molecule has 5 nitrogen and oxygen atoms in total. The van der Waals surface area contributed by atoms with Gasteiger partial charge in [-0.2, -0.15) is 0 Å². The summed E-state index contributed by atoms with van der Waals surface area (Å²) in [7, 11) is -3.40. The first kappa shape index (κ1) is 18.0. The third kappa shape index (κ3) is 6.52. The van der Waals surface area contributed by atoms with Crippen LogP contribution in [-0.4, -0.2) is 45.1 Å². The number of hydrogen-bond donors (Lipinski definition) is 1. The summed E-state index contributed by atoms with van der Waals surface area (Å²) in [6, 6.07) is 6.32. The van der Waals surface area contributed by atoms with Crippen LogP contribution in [0.2, 0.25) is 0 Å². The van der Waals surface area contributed by atoms with E-state index in [4.69, 9.17) is 27.4 Å². The molecule has 1 rings (SSSR count). The number of benzene rings is 1. The normalized spacial score (nSPS) is 11.8. The maximum atomic E-state index is 12.2. The molecule has 0 amide bonds. The number of rotatable bonds is 9. The summed E-state index contributed by atoms with van der Waals surface area (Å²) >= 11 is 4.85. The molecule has 7 heteroatoms. The molecular formula is C14H21NO4S2. The molecule has 0 aromatic heterocycles. The maximum Gasteiger partial charge on any atom is 0.180 e. The van der Waals surface area contributed by atoms with Gasteiger partial charge in [-0.25, -0.2) is 8.42 Å². The van der Waals surface area contributed by atoms with Crippen molar-refractivity contribution in [2.24, 2.45) is 5.73 Å². The molecule has 0 saturated carbocycles. The Balaban J connectivity index is 2.50. The fourth-order valence-corrected chi connectivity index (χ4v) is 2.87. The van der Waals surface area contributed by atoms with Gasteiger partial charge in [0, 0.05) is 5.56 Å². The van der Waals surface area contributed by atoms with Crippen LogP contribution in [-0.2, 0) is 19.3 Å². The monoisotopic (exact) mass is 331 g/mol. The van der Waals surface area contributed by atoms with Gasteiger partial charge >= 0.3 is 0 Å². The van der Waals surface area contributed by atoms with Crippen molar-refractivity contribution in [2.45, 2.75) is 24.8 Å². The van der Waals surface area contributed by atoms with Gasteiger partial charge in [0.15, 0.2) is 9.84 Å². The minimum Gasteiger partial charge on any atom is -0.389 e. The minimum absolute atomic E-state index is 0.0878. The molecule has 0 saturated heterocycles. The Morgan fingerprint density at radius 3 is 2.62 bits per heavy atom. The van der Waals surface area contributed by atoms with Crippen molar-refractivity contribution in [3.05, 3.63) is 29.8 Å². The molecule has 118 valence electrons. The second-order valence-corrected chi connectivity index (χ2v) is 7.29. The van der Waals surface area contributed by atoms with Crippen molar-refractivity contribution < 1.29 is 17.9 Å². The van der Waals surface area contributed by atoms with Crippen LogP contribution in [0.25, 0.3) is 0 Å². The lowest BCUT2D eigenvalue weighted by Gasteiger charge is -2.09. The van der Waals surface area contributed by atoms with Crippen LogP contribution in [0.4, 0.5) is 0 Å². The van der Waals surface area contributed by atoms with Gasteiger partial charge in [0.1, 0.15) is 4.99 Å². The predicted molar refractivity (Wildman–Crippen MR) is 86.3 cm³/mol. The molecule has 0 unspecified atom stereocenters. The van der Waals surface area contributed by atoms with Crippen LogP contribution in [0.1, 0.15) is 19.4 Å². The Bertz CT molecular complexity index is 570. The van der Waals surface area contributed by atoms with Crippen LogP contribution in [0.3, 0.4) is 0 Å². The largest absolute Gasteiger partial charge is 0.389 e. The Kier molecular flexibility index (Phi) is 7.24. The molecule has 1 aromatic rings. The molecule has 0 aliphatic rings. The van der Waals surface area contributed by atoms with Crippen LogP contribution in [0.15, 0.2) is 29.2 Å². The Morgan fingerprint density at radius 1 is 1.29 bits per heavy atom. The second-order valence-electron chi connectivity index (χ2n) is 4.74. The van der Waals surface area contributed by atoms with Crippen molar-refractivity contribution in [3.63, 3.8) is 0 Å². The molecule has 0 fully saturated rings. The SMILES string of the molecule is CC(C)OCCOCCS(=O)(=O)c1cccc(C(N)=S)c1. The molecular weight excluding hydrogens is 310 g/mol. The summed E-state index contributed by atoms with van der Waals surface area (Å²) in [6.45, 7) is 4.81. The van der Waals surface area contributed by atoms with Gasteiger partial charge < -0.3 is 15.2 Å². The Morgan fingerprint density at radius 2 is 2.00 bits per heavy atom. The number of hydrogen-bond acceptors (Lipinski definition) is 5. The van der Waals surface area contributed by atoms with Crippen LogP contribution < -0.4 is 5.73 Å². The molecule has 0 aliphatic heterocycles. The van der Waals surface area contributed by atoms with Crippen LogP contribution in [0, 0.1) is 0 Å². The quantitative estimate of drug-likeness (QED) is 0.546. The van der Waals surface area contributed by atoms with Crippen molar-refractivity contribution in [3.8, 4) is 0 Å². The smallest absolute Gasteiger partial charge is 0.180 e. The average Bonchev–Trinajstić information content (AvgIpc) is 2.42. The molecule has 1 aromatic carbocycles. The highest BCUT2D eigenvalue weighted by molar-refractivity contribution is 7.91. The maximum absolute atomic E-state index is 12.2. The summed E-state index contributed by atoms with van der Waals surface area (Å²) in [4.78, 5) is 0.379. The van der Waals surface area contributed by atoms with Gasteiger partial charge in [0.2, 0.25) is 0 Å². The summed E-state index contributed by atoms with van der Waals surface area (Å²) in [5.41, 5.74) is 6.04. The van der Waals surface area contributed by atoms with Crippen LogP contribution >= 0.6 is 12.2 Å². The van der Waals surface area contributed by atoms with Gasteiger partial charge in [-0.3, -0.25) is 0 Å². The molecule has 21 heavy (non-hydrogen) atoms. The van der Waals surface area contributed by atoms with Crippen molar-refractivity contribution in [1.29, 1.82) is 0 Å². The van der Waals surface area contributed by atoms with E-state index < -0.39 is 9.84 Å². The number of nitrogens with two attached hydrogens (primary N) is 1. The zero-order chi connectivity index (χ0) is 15.9. The first-order valence-electron chi connectivity index (χ1n) is 6.65. The number of ether oxygens (including phenoxy) is 2. The van der Waals surface area contributed by atoms with E-state index in [1.807, 2.05) is 13.8 Å². The topological polar surface area (TPSA) is 78.6 Å². The summed E-state index contributed by atoms with van der Waals surface area (Å²) in [5.74, 6) is -0.0878. The Hall–Kier alpha value is -1.02.